The summed E-state index contributed by atoms with van der Waals surface area (Å²) in [5, 5.41) is 0.351. The van der Waals surface area contributed by atoms with Gasteiger partial charge in [0.15, 0.2) is 11.3 Å². The summed E-state index contributed by atoms with van der Waals surface area (Å²) in [6.07, 6.45) is -1.11. The summed E-state index contributed by atoms with van der Waals surface area (Å²) in [6, 6.07) is 14.3. The number of ketones is 1. The van der Waals surface area contributed by atoms with Gasteiger partial charge in [-0.3, -0.25) is 9.59 Å². The highest BCUT2D eigenvalue weighted by molar-refractivity contribution is 6.31. The fourth-order valence-electron chi connectivity index (χ4n) is 3.59. The summed E-state index contributed by atoms with van der Waals surface area (Å²) in [6.45, 7) is 4.92. The van der Waals surface area contributed by atoms with Crippen LogP contribution in [-0.2, 0) is 14.3 Å². The number of methoxy groups -OCH3 is 1. The number of carbonyl (C=O) groups is 4. The Labute approximate surface area is 191 Å². The normalized spacial score (nSPS) is 19.6. The molecule has 0 N–H and O–H groups in total. The first-order valence-electron chi connectivity index (χ1n) is 10.0. The number of ether oxygens (including phenoxy) is 2. The van der Waals surface area contributed by atoms with Gasteiger partial charge >= 0.3 is 12.1 Å². The third-order valence-electron chi connectivity index (χ3n) is 5.10. The van der Waals surface area contributed by atoms with Crippen LogP contribution in [0.5, 0.6) is 0 Å². The molecule has 2 aromatic carbocycles. The third kappa shape index (κ3) is 4.53. The van der Waals surface area contributed by atoms with Crippen LogP contribution in [0.25, 0.3) is 0 Å². The number of imide groups is 1. The molecule has 2 atom stereocenters. The van der Waals surface area contributed by atoms with E-state index in [0.29, 0.717) is 5.02 Å². The van der Waals surface area contributed by atoms with E-state index >= 15 is 0 Å². The molecule has 1 saturated carbocycles. The summed E-state index contributed by atoms with van der Waals surface area (Å²) < 4.78 is 10.4. The van der Waals surface area contributed by atoms with E-state index in [4.69, 9.17) is 21.1 Å². The first-order valence-corrected chi connectivity index (χ1v) is 10.4. The summed E-state index contributed by atoms with van der Waals surface area (Å²) in [7, 11) is 1.14. The molecule has 1 fully saturated rings. The molecule has 7 nitrogen and oxygen atoms in total. The van der Waals surface area contributed by atoms with Gasteiger partial charge in [0.1, 0.15) is 5.60 Å². The number of halogens is 1. The summed E-state index contributed by atoms with van der Waals surface area (Å²) in [5.41, 5.74) is -2.32. The Morgan fingerprint density at radius 1 is 1.00 bits per heavy atom. The maximum absolute atomic E-state index is 13.4. The van der Waals surface area contributed by atoms with E-state index in [1.54, 1.807) is 57.2 Å². The Balaban J connectivity index is 2.08. The fourth-order valence-corrected chi connectivity index (χ4v) is 3.78. The minimum Gasteiger partial charge on any atom is -0.467 e. The number of hydrogen-bond acceptors (Lipinski definition) is 6. The zero-order valence-corrected chi connectivity index (χ0v) is 19.0. The Kier molecular flexibility index (Phi) is 6.41. The lowest BCUT2D eigenvalue weighted by Crippen LogP contribution is -2.54. The molecule has 8 heteroatoms. The zero-order chi connectivity index (χ0) is 23.7. The Morgan fingerprint density at radius 3 is 2.19 bits per heavy atom. The maximum atomic E-state index is 13.4. The average molecular weight is 458 g/mol. The molecular formula is C24H24ClNO6. The van der Waals surface area contributed by atoms with E-state index in [1.807, 2.05) is 0 Å². The van der Waals surface area contributed by atoms with Gasteiger partial charge in [0.05, 0.1) is 13.0 Å². The number of esters is 1. The first-order chi connectivity index (χ1) is 15.0. The predicted molar refractivity (Wildman–Crippen MR) is 117 cm³/mol. The van der Waals surface area contributed by atoms with E-state index in [2.05, 4.69) is 0 Å². The standard InChI is InChI=1S/C24H24ClNO6/c1-23(2,3)32-22(30)26(20(28)15-9-6-5-7-10-15)24(21(29)31-4)14-18(24)19(27)16-11-8-12-17(25)13-16/h5-13,18H,14H2,1-4H3. The largest absolute Gasteiger partial charge is 0.467 e. The van der Waals surface area contributed by atoms with Crippen LogP contribution < -0.4 is 0 Å². The Hall–Kier alpha value is -3.19. The van der Waals surface area contributed by atoms with Gasteiger partial charge in [0.25, 0.3) is 5.91 Å². The number of carbonyl (C=O) groups excluding carboxylic acids is 4. The minimum absolute atomic E-state index is 0.0805. The van der Waals surface area contributed by atoms with Crippen molar-refractivity contribution in [2.24, 2.45) is 5.92 Å². The van der Waals surface area contributed by atoms with Crippen molar-refractivity contribution in [3.8, 4) is 0 Å². The van der Waals surface area contributed by atoms with Crippen LogP contribution in [0.1, 0.15) is 47.9 Å². The van der Waals surface area contributed by atoms with Gasteiger partial charge in [0, 0.05) is 16.1 Å². The van der Waals surface area contributed by atoms with Crippen molar-refractivity contribution in [3.63, 3.8) is 0 Å². The number of amides is 2. The smallest absolute Gasteiger partial charge is 0.418 e. The van der Waals surface area contributed by atoms with Crippen LogP contribution in [0.15, 0.2) is 54.6 Å². The van der Waals surface area contributed by atoms with Gasteiger partial charge in [-0.1, -0.05) is 41.9 Å². The second-order valence-electron chi connectivity index (χ2n) is 8.53. The molecule has 0 saturated heterocycles. The molecule has 168 valence electrons. The first kappa shape index (κ1) is 23.5. The summed E-state index contributed by atoms with van der Waals surface area (Å²) in [4.78, 5) is 53.5. The highest BCUT2D eigenvalue weighted by Crippen LogP contribution is 2.52. The molecule has 2 aromatic rings. The molecule has 0 aliphatic heterocycles. The third-order valence-corrected chi connectivity index (χ3v) is 5.33. The van der Waals surface area contributed by atoms with Gasteiger partial charge in [-0.15, -0.1) is 0 Å². The second-order valence-corrected chi connectivity index (χ2v) is 8.97. The van der Waals surface area contributed by atoms with Crippen molar-refractivity contribution in [1.82, 2.24) is 4.90 Å². The van der Waals surface area contributed by atoms with Gasteiger partial charge in [-0.05, 0) is 51.5 Å². The number of rotatable bonds is 5. The van der Waals surface area contributed by atoms with Crippen molar-refractivity contribution in [1.29, 1.82) is 0 Å². The van der Waals surface area contributed by atoms with Crippen molar-refractivity contribution < 1.29 is 28.7 Å². The second kappa shape index (κ2) is 8.74. The van der Waals surface area contributed by atoms with Gasteiger partial charge in [-0.2, -0.15) is 0 Å². The highest BCUT2D eigenvalue weighted by atomic mass is 35.5. The van der Waals surface area contributed by atoms with Crippen LogP contribution >= 0.6 is 11.6 Å². The predicted octanol–water partition coefficient (Wildman–Crippen LogP) is 4.53. The molecule has 3 rings (SSSR count). The molecule has 0 radical (unpaired) electrons. The maximum Gasteiger partial charge on any atom is 0.418 e. The molecule has 0 spiro atoms. The molecule has 2 amide bonds. The summed E-state index contributed by atoms with van der Waals surface area (Å²) >= 11 is 6.01. The average Bonchev–Trinajstić information content (AvgIpc) is 3.48. The van der Waals surface area contributed by atoms with Crippen molar-refractivity contribution in [3.05, 3.63) is 70.7 Å². The SMILES string of the molecule is COC(=O)C1(N(C(=O)OC(C)(C)C)C(=O)c2ccccc2)CC1C(=O)c1cccc(Cl)c1. The molecular weight excluding hydrogens is 434 g/mol. The Morgan fingerprint density at radius 2 is 1.62 bits per heavy atom. The topological polar surface area (TPSA) is 90.0 Å². The lowest BCUT2D eigenvalue weighted by molar-refractivity contribution is -0.148. The molecule has 2 unspecified atom stereocenters. The summed E-state index contributed by atoms with van der Waals surface area (Å²) in [5.74, 6) is -3.04. The van der Waals surface area contributed by atoms with Crippen LogP contribution in [0, 0.1) is 5.92 Å². The molecule has 0 aromatic heterocycles. The van der Waals surface area contributed by atoms with Gasteiger partial charge in [0.2, 0.25) is 0 Å². The van der Waals surface area contributed by atoms with E-state index in [-0.39, 0.29) is 17.5 Å². The monoisotopic (exact) mass is 457 g/mol. The van der Waals surface area contributed by atoms with E-state index in [1.165, 1.54) is 18.2 Å². The van der Waals surface area contributed by atoms with Gasteiger partial charge in [-0.25, -0.2) is 14.5 Å². The van der Waals surface area contributed by atoms with Crippen molar-refractivity contribution >= 4 is 35.4 Å². The number of Topliss-reactive ketones (excluding diaryl/α,β-unsaturated/α-hetero) is 1. The van der Waals surface area contributed by atoms with Crippen LogP contribution in [0.2, 0.25) is 5.02 Å². The lowest BCUT2D eigenvalue weighted by atomic mass is 10.0. The highest BCUT2D eigenvalue weighted by Gasteiger charge is 2.71. The fraction of sp³-hybridized carbons (Fsp3) is 0.333. The number of nitrogens with zero attached hydrogens (tertiary/aromatic N) is 1. The molecule has 0 heterocycles. The zero-order valence-electron chi connectivity index (χ0n) is 18.3. The molecule has 0 bridgehead atoms. The van der Waals surface area contributed by atoms with E-state index in [0.717, 1.165) is 12.0 Å². The van der Waals surface area contributed by atoms with Crippen molar-refractivity contribution in [2.75, 3.05) is 7.11 Å². The van der Waals surface area contributed by atoms with Crippen molar-refractivity contribution in [2.45, 2.75) is 38.3 Å². The van der Waals surface area contributed by atoms with Crippen LogP contribution in [0.3, 0.4) is 0 Å². The number of benzene rings is 2. The van der Waals surface area contributed by atoms with E-state index < -0.39 is 40.8 Å². The molecule has 32 heavy (non-hydrogen) atoms. The molecule has 1 aliphatic rings. The quantitative estimate of drug-likeness (QED) is 0.484. The van der Waals surface area contributed by atoms with Crippen LogP contribution in [0.4, 0.5) is 4.79 Å². The van der Waals surface area contributed by atoms with E-state index in [9.17, 15) is 19.2 Å². The van der Waals surface area contributed by atoms with Crippen LogP contribution in [-0.4, -0.2) is 46.9 Å². The number of hydrogen-bond donors (Lipinski definition) is 0. The minimum atomic E-state index is -1.82. The lowest BCUT2D eigenvalue weighted by Gasteiger charge is -2.31. The van der Waals surface area contributed by atoms with Gasteiger partial charge < -0.3 is 9.47 Å². The Bertz CT molecular complexity index is 1060. The molecule has 1 aliphatic carbocycles.